The SMILES string of the molecule is O=C(O)/C=C1/CCc2c(Cl)cc(Cl)cc21. The highest BCUT2D eigenvalue weighted by molar-refractivity contribution is 6.35. The van der Waals surface area contributed by atoms with Crippen molar-refractivity contribution in [2.24, 2.45) is 0 Å². The lowest BCUT2D eigenvalue weighted by molar-refractivity contribution is -0.131. The van der Waals surface area contributed by atoms with Crippen LogP contribution >= 0.6 is 23.2 Å². The number of hydrogen-bond donors (Lipinski definition) is 1. The summed E-state index contributed by atoms with van der Waals surface area (Å²) < 4.78 is 0. The fraction of sp³-hybridized carbons (Fsp3) is 0.182. The molecule has 2 nitrogen and oxygen atoms in total. The van der Waals surface area contributed by atoms with Gasteiger partial charge < -0.3 is 5.11 Å². The molecule has 0 heterocycles. The summed E-state index contributed by atoms with van der Waals surface area (Å²) in [6.07, 6.45) is 2.71. The molecule has 0 bridgehead atoms. The van der Waals surface area contributed by atoms with Crippen LogP contribution in [0.5, 0.6) is 0 Å². The predicted octanol–water partition coefficient (Wildman–Crippen LogP) is 3.41. The standard InChI is InChI=1S/C11H8Cl2O2/c12-7-4-9-6(3-11(14)15)1-2-8(9)10(13)5-7/h3-5H,1-2H2,(H,14,15)/b6-3-. The molecule has 0 amide bonds. The van der Waals surface area contributed by atoms with Crippen molar-refractivity contribution in [1.29, 1.82) is 0 Å². The Balaban J connectivity index is 2.55. The largest absolute Gasteiger partial charge is 0.478 e. The molecular weight excluding hydrogens is 235 g/mol. The molecule has 1 N–H and O–H groups in total. The number of hydrogen-bond acceptors (Lipinski definition) is 1. The van der Waals surface area contributed by atoms with Crippen LogP contribution in [0.15, 0.2) is 18.2 Å². The molecule has 4 heteroatoms. The first kappa shape index (κ1) is 10.5. The van der Waals surface area contributed by atoms with E-state index in [4.69, 9.17) is 28.3 Å². The number of allylic oxidation sites excluding steroid dienone is 1. The topological polar surface area (TPSA) is 37.3 Å². The monoisotopic (exact) mass is 242 g/mol. The molecule has 0 atom stereocenters. The van der Waals surface area contributed by atoms with Crippen molar-refractivity contribution in [3.05, 3.63) is 39.4 Å². The molecule has 1 aliphatic carbocycles. The second-order valence-corrected chi connectivity index (χ2v) is 4.27. The van der Waals surface area contributed by atoms with Gasteiger partial charge in [0.05, 0.1) is 0 Å². The van der Waals surface area contributed by atoms with Crippen LogP contribution in [0, 0.1) is 0 Å². The molecule has 15 heavy (non-hydrogen) atoms. The molecule has 0 spiro atoms. The van der Waals surface area contributed by atoms with Crippen LogP contribution in [0.1, 0.15) is 17.5 Å². The Morgan fingerprint density at radius 3 is 2.73 bits per heavy atom. The minimum atomic E-state index is -0.936. The molecule has 2 rings (SSSR count). The Hall–Kier alpha value is -0.990. The normalized spacial score (nSPS) is 16.8. The Bertz CT molecular complexity index is 464. The van der Waals surface area contributed by atoms with Crippen LogP contribution in [0.3, 0.4) is 0 Å². The van der Waals surface area contributed by atoms with E-state index in [0.717, 1.165) is 23.1 Å². The number of halogens is 2. The van der Waals surface area contributed by atoms with E-state index in [1.165, 1.54) is 6.08 Å². The molecule has 0 unspecified atom stereocenters. The minimum absolute atomic E-state index is 0.539. The number of carbonyl (C=O) groups is 1. The van der Waals surface area contributed by atoms with Crippen molar-refractivity contribution in [2.45, 2.75) is 12.8 Å². The maximum absolute atomic E-state index is 10.6. The number of aliphatic carboxylic acids is 1. The van der Waals surface area contributed by atoms with E-state index in [2.05, 4.69) is 0 Å². The van der Waals surface area contributed by atoms with Crippen molar-refractivity contribution >= 4 is 34.7 Å². The van der Waals surface area contributed by atoms with Gasteiger partial charge >= 0.3 is 5.97 Å². The first-order valence-corrected chi connectivity index (χ1v) is 5.25. The molecule has 1 aromatic carbocycles. The molecular formula is C11H8Cl2O2. The zero-order valence-corrected chi connectivity index (χ0v) is 9.27. The Kier molecular flexibility index (Phi) is 2.72. The lowest BCUT2D eigenvalue weighted by Gasteiger charge is -2.03. The number of carboxylic acid groups (broad SMARTS) is 1. The number of fused-ring (bicyclic) bond motifs is 1. The molecule has 0 aromatic heterocycles. The van der Waals surface area contributed by atoms with Crippen LogP contribution < -0.4 is 0 Å². The van der Waals surface area contributed by atoms with E-state index in [1.807, 2.05) is 0 Å². The Labute approximate surface area is 97.1 Å². The fourth-order valence-corrected chi connectivity index (χ4v) is 2.43. The van der Waals surface area contributed by atoms with Gasteiger partial charge in [0, 0.05) is 16.1 Å². The Morgan fingerprint density at radius 2 is 2.07 bits per heavy atom. The van der Waals surface area contributed by atoms with Gasteiger partial charge in [-0.2, -0.15) is 0 Å². The van der Waals surface area contributed by atoms with Gasteiger partial charge in [-0.1, -0.05) is 23.2 Å². The van der Waals surface area contributed by atoms with Crippen molar-refractivity contribution in [3.8, 4) is 0 Å². The van der Waals surface area contributed by atoms with Crippen molar-refractivity contribution in [2.75, 3.05) is 0 Å². The summed E-state index contributed by atoms with van der Waals surface area (Å²) in [6, 6.07) is 3.45. The van der Waals surface area contributed by atoms with E-state index in [-0.39, 0.29) is 0 Å². The van der Waals surface area contributed by atoms with Gasteiger partial charge in [0.1, 0.15) is 0 Å². The van der Waals surface area contributed by atoms with Crippen molar-refractivity contribution < 1.29 is 9.90 Å². The summed E-state index contributed by atoms with van der Waals surface area (Å²) in [4.78, 5) is 10.6. The lowest BCUT2D eigenvalue weighted by Crippen LogP contribution is -1.90. The maximum Gasteiger partial charge on any atom is 0.328 e. The maximum atomic E-state index is 10.6. The van der Waals surface area contributed by atoms with E-state index < -0.39 is 5.97 Å². The van der Waals surface area contributed by atoms with Crippen LogP contribution in [0.2, 0.25) is 10.0 Å². The molecule has 0 saturated heterocycles. The fourth-order valence-electron chi connectivity index (χ4n) is 1.84. The molecule has 0 aliphatic heterocycles. The summed E-state index contributed by atoms with van der Waals surface area (Å²) >= 11 is 11.9. The summed E-state index contributed by atoms with van der Waals surface area (Å²) in [7, 11) is 0. The van der Waals surface area contributed by atoms with Crippen LogP contribution in [0.4, 0.5) is 0 Å². The summed E-state index contributed by atoms with van der Waals surface area (Å²) in [5, 5.41) is 9.85. The van der Waals surface area contributed by atoms with E-state index >= 15 is 0 Å². The van der Waals surface area contributed by atoms with Gasteiger partial charge in [-0.15, -0.1) is 0 Å². The highest BCUT2D eigenvalue weighted by atomic mass is 35.5. The molecule has 0 saturated carbocycles. The number of rotatable bonds is 1. The average molecular weight is 243 g/mol. The average Bonchev–Trinajstić information content (AvgIpc) is 2.48. The van der Waals surface area contributed by atoms with Crippen LogP contribution in [0.25, 0.3) is 5.57 Å². The van der Waals surface area contributed by atoms with E-state index in [0.29, 0.717) is 16.5 Å². The third-order valence-corrected chi connectivity index (χ3v) is 3.00. The quantitative estimate of drug-likeness (QED) is 0.767. The zero-order chi connectivity index (χ0) is 11.0. The van der Waals surface area contributed by atoms with Crippen molar-refractivity contribution in [1.82, 2.24) is 0 Å². The number of benzene rings is 1. The Morgan fingerprint density at radius 1 is 1.33 bits per heavy atom. The number of carboxylic acids is 1. The zero-order valence-electron chi connectivity index (χ0n) is 7.76. The highest BCUT2D eigenvalue weighted by Crippen LogP contribution is 2.38. The van der Waals surface area contributed by atoms with Gasteiger partial charge in [0.25, 0.3) is 0 Å². The second kappa shape index (κ2) is 3.87. The summed E-state index contributed by atoms with van der Waals surface area (Å²) in [5.41, 5.74) is 2.66. The molecule has 78 valence electrons. The molecule has 0 radical (unpaired) electrons. The first-order valence-electron chi connectivity index (χ1n) is 4.49. The van der Waals surface area contributed by atoms with Crippen molar-refractivity contribution in [3.63, 3.8) is 0 Å². The lowest BCUT2D eigenvalue weighted by atomic mass is 10.1. The summed E-state index contributed by atoms with van der Waals surface area (Å²) in [5.74, 6) is -0.936. The van der Waals surface area contributed by atoms with E-state index in [1.54, 1.807) is 12.1 Å². The van der Waals surface area contributed by atoms with Gasteiger partial charge in [-0.3, -0.25) is 0 Å². The summed E-state index contributed by atoms with van der Waals surface area (Å²) in [6.45, 7) is 0. The minimum Gasteiger partial charge on any atom is -0.478 e. The van der Waals surface area contributed by atoms with E-state index in [9.17, 15) is 4.79 Å². The first-order chi connectivity index (χ1) is 7.08. The van der Waals surface area contributed by atoms with Gasteiger partial charge in [-0.25, -0.2) is 4.79 Å². The highest BCUT2D eigenvalue weighted by Gasteiger charge is 2.20. The van der Waals surface area contributed by atoms with Crippen LogP contribution in [-0.4, -0.2) is 11.1 Å². The second-order valence-electron chi connectivity index (χ2n) is 3.42. The van der Waals surface area contributed by atoms with Gasteiger partial charge in [0.15, 0.2) is 0 Å². The molecule has 0 fully saturated rings. The van der Waals surface area contributed by atoms with Gasteiger partial charge in [0.2, 0.25) is 0 Å². The predicted molar refractivity (Wildman–Crippen MR) is 60.4 cm³/mol. The molecule has 1 aromatic rings. The third-order valence-electron chi connectivity index (χ3n) is 2.45. The van der Waals surface area contributed by atoms with Gasteiger partial charge in [-0.05, 0) is 41.7 Å². The van der Waals surface area contributed by atoms with Crippen LogP contribution in [-0.2, 0) is 11.2 Å². The smallest absolute Gasteiger partial charge is 0.328 e. The third kappa shape index (κ3) is 2.01. The molecule has 1 aliphatic rings.